The summed E-state index contributed by atoms with van der Waals surface area (Å²) in [6.45, 7) is 0. The molecule has 0 radical (unpaired) electrons. The second-order valence-electron chi connectivity index (χ2n) is 11.1. The molecule has 2 nitrogen and oxygen atoms in total. The molecule has 10 heteroatoms. The Hall–Kier alpha value is -4.48. The maximum Gasteiger partial charge on any atom is 0.158 e. The zero-order valence-electron chi connectivity index (χ0n) is 23.1. The monoisotopic (exact) mass is 678 g/mol. The maximum absolute atomic E-state index is 15.9. The Kier molecular flexibility index (Phi) is 5.53. The summed E-state index contributed by atoms with van der Waals surface area (Å²) in [5.74, 6) is -2.04. The molecule has 46 heavy (non-hydrogen) atoms. The third-order valence-electron chi connectivity index (χ3n) is 8.48. The third-order valence-corrected chi connectivity index (χ3v) is 13.3. The van der Waals surface area contributed by atoms with Crippen LogP contribution >= 0.6 is 45.3 Å². The molecule has 0 spiro atoms. The molecular weight excluding hydrogens is 665 g/mol. The van der Waals surface area contributed by atoms with Crippen LogP contribution in [0.3, 0.4) is 0 Å². The number of nitrogens with zero attached hydrogens (tertiary/aromatic N) is 2. The summed E-state index contributed by atoms with van der Waals surface area (Å²) >= 11 is 5.47. The lowest BCUT2D eigenvalue weighted by molar-refractivity contribution is 0.627. The molecule has 4 aromatic carbocycles. The fraction of sp³-hybridized carbons (Fsp3) is 0. The molecule has 6 heterocycles. The summed E-state index contributed by atoms with van der Waals surface area (Å²) in [5.41, 5.74) is 0.0148. The highest BCUT2D eigenvalue weighted by Gasteiger charge is 2.24. The second-order valence-corrected chi connectivity index (χ2v) is 15.3. The van der Waals surface area contributed by atoms with E-state index in [4.69, 9.17) is 0 Å². The van der Waals surface area contributed by atoms with Gasteiger partial charge < -0.3 is 0 Å². The number of fused-ring (bicyclic) bond motifs is 9. The summed E-state index contributed by atoms with van der Waals surface area (Å²) in [6, 6.07) is 21.6. The van der Waals surface area contributed by atoms with Crippen LogP contribution in [0.2, 0.25) is 0 Å². The van der Waals surface area contributed by atoms with E-state index >= 15 is 17.6 Å². The van der Waals surface area contributed by atoms with E-state index in [1.807, 2.05) is 36.4 Å². The Labute approximate surface area is 272 Å². The number of benzene rings is 4. The smallest absolute Gasteiger partial charge is 0.158 e. The molecule has 0 fully saturated rings. The highest BCUT2D eigenvalue weighted by atomic mass is 32.1. The summed E-state index contributed by atoms with van der Waals surface area (Å²) in [5, 5.41) is 4.92. The van der Waals surface area contributed by atoms with Gasteiger partial charge in [0, 0.05) is 74.3 Å². The van der Waals surface area contributed by atoms with Crippen molar-refractivity contribution in [1.29, 1.82) is 0 Å². The van der Waals surface area contributed by atoms with Crippen LogP contribution in [0.1, 0.15) is 0 Å². The lowest BCUT2D eigenvalue weighted by Gasteiger charge is -2.04. The average Bonchev–Trinajstić information content (AvgIpc) is 3.79. The van der Waals surface area contributed by atoms with Gasteiger partial charge in [-0.2, -0.15) is 0 Å². The fourth-order valence-corrected chi connectivity index (χ4v) is 11.1. The van der Waals surface area contributed by atoms with Crippen molar-refractivity contribution >= 4 is 117 Å². The van der Waals surface area contributed by atoms with E-state index in [1.165, 1.54) is 22.7 Å². The van der Waals surface area contributed by atoms with Crippen molar-refractivity contribution in [3.8, 4) is 21.1 Å². The van der Waals surface area contributed by atoms with Crippen molar-refractivity contribution in [2.24, 2.45) is 0 Å². The minimum atomic E-state index is -0.535. The average molecular weight is 679 g/mol. The zero-order chi connectivity index (χ0) is 30.8. The lowest BCUT2D eigenvalue weighted by Crippen LogP contribution is -1.91. The molecule has 0 unspecified atom stereocenters. The van der Waals surface area contributed by atoms with Crippen LogP contribution in [-0.4, -0.2) is 9.97 Å². The number of thiophene rings is 4. The highest BCUT2D eigenvalue weighted by molar-refractivity contribution is 7.37. The molecule has 10 aromatic rings. The van der Waals surface area contributed by atoms with Crippen molar-refractivity contribution in [2.45, 2.75) is 0 Å². The number of pyridine rings is 2. The molecule has 6 aromatic heterocycles. The van der Waals surface area contributed by atoms with Crippen molar-refractivity contribution in [1.82, 2.24) is 9.97 Å². The summed E-state index contributed by atoms with van der Waals surface area (Å²) in [4.78, 5) is 8.92. The van der Waals surface area contributed by atoms with Gasteiger partial charge in [-0.25, -0.2) is 17.6 Å². The van der Waals surface area contributed by atoms with Gasteiger partial charge >= 0.3 is 0 Å². The molecule has 220 valence electrons. The summed E-state index contributed by atoms with van der Waals surface area (Å²) < 4.78 is 68.0. The van der Waals surface area contributed by atoms with Gasteiger partial charge in [-0.1, -0.05) is 48.5 Å². The Bertz CT molecular complexity index is 2730. The molecule has 0 amide bonds. The first-order valence-corrected chi connectivity index (χ1v) is 17.4. The van der Waals surface area contributed by atoms with Crippen LogP contribution in [-0.2, 0) is 0 Å². The van der Waals surface area contributed by atoms with Gasteiger partial charge in [0.2, 0.25) is 0 Å². The first kappa shape index (κ1) is 26.7. The van der Waals surface area contributed by atoms with E-state index in [-0.39, 0.29) is 21.1 Å². The number of rotatable bonds is 2. The second kappa shape index (κ2) is 9.52. The van der Waals surface area contributed by atoms with Crippen LogP contribution in [0.25, 0.3) is 92.4 Å². The van der Waals surface area contributed by atoms with Gasteiger partial charge in [-0.15, -0.1) is 45.3 Å². The normalized spacial score (nSPS) is 12.3. The van der Waals surface area contributed by atoms with Crippen molar-refractivity contribution < 1.29 is 17.6 Å². The Morgan fingerprint density at radius 2 is 0.804 bits per heavy atom. The Morgan fingerprint density at radius 1 is 0.413 bits per heavy atom. The van der Waals surface area contributed by atoms with Gasteiger partial charge in [-0.05, 0) is 24.3 Å². The SMILES string of the molecule is Fc1c(-c2sc3cc4c(cc3c2F)sc2c3cc5sc(-c6ncc7ccccc7c6F)c(F)c5cc3sc42)ncc2ccccc12. The van der Waals surface area contributed by atoms with E-state index in [9.17, 15) is 0 Å². The first-order valence-electron chi connectivity index (χ1n) is 14.1. The van der Waals surface area contributed by atoms with E-state index in [1.54, 1.807) is 71.5 Å². The maximum atomic E-state index is 15.9. The van der Waals surface area contributed by atoms with Crippen LogP contribution < -0.4 is 0 Å². The van der Waals surface area contributed by atoms with Crippen LogP contribution in [0.15, 0.2) is 85.2 Å². The van der Waals surface area contributed by atoms with Crippen molar-refractivity contribution in [2.75, 3.05) is 0 Å². The predicted octanol–water partition coefficient (Wildman–Crippen LogP) is 12.7. The number of halogens is 4. The van der Waals surface area contributed by atoms with E-state index in [0.717, 1.165) is 29.6 Å². The molecule has 0 aliphatic heterocycles. The van der Waals surface area contributed by atoms with E-state index < -0.39 is 23.3 Å². The molecule has 0 bridgehead atoms. The van der Waals surface area contributed by atoms with E-state index in [2.05, 4.69) is 9.97 Å². The quantitative estimate of drug-likeness (QED) is 0.170. The van der Waals surface area contributed by atoms with Crippen LogP contribution in [0, 0.1) is 23.3 Å². The largest absolute Gasteiger partial charge is 0.252 e. The number of hydrogen-bond acceptors (Lipinski definition) is 6. The van der Waals surface area contributed by atoms with Gasteiger partial charge in [-0.3, -0.25) is 9.97 Å². The van der Waals surface area contributed by atoms with Gasteiger partial charge in [0.25, 0.3) is 0 Å². The minimum Gasteiger partial charge on any atom is -0.252 e. The molecule has 10 rings (SSSR count). The molecule has 0 saturated carbocycles. The van der Waals surface area contributed by atoms with Crippen molar-refractivity contribution in [3.63, 3.8) is 0 Å². The van der Waals surface area contributed by atoms with Gasteiger partial charge in [0.05, 0.1) is 19.2 Å². The highest BCUT2D eigenvalue weighted by Crippen LogP contribution is 2.50. The predicted molar refractivity (Wildman–Crippen MR) is 187 cm³/mol. The zero-order valence-corrected chi connectivity index (χ0v) is 26.4. The molecule has 0 aliphatic carbocycles. The summed E-state index contributed by atoms with van der Waals surface area (Å²) in [7, 11) is 0. The topological polar surface area (TPSA) is 25.8 Å². The number of aromatic nitrogens is 2. The number of hydrogen-bond donors (Lipinski definition) is 0. The molecule has 0 atom stereocenters. The standard InChI is InChI=1S/C36H14F4N2S4/c37-27-17-7-3-1-5-15(17)13-41-31(27)35-29(39)19-9-25-21(11-23(19)45-35)33-34(43-25)22-12-24-20(10-26(22)44-33)30(40)36(46-24)32-28(38)18-8-4-2-6-16(18)14-42-32/h1-14H. The Morgan fingerprint density at radius 3 is 1.26 bits per heavy atom. The van der Waals surface area contributed by atoms with Crippen molar-refractivity contribution in [3.05, 3.63) is 108 Å². The van der Waals surface area contributed by atoms with Gasteiger partial charge in [0.1, 0.15) is 11.4 Å². The molecule has 0 aliphatic rings. The van der Waals surface area contributed by atoms with E-state index in [0.29, 0.717) is 41.7 Å². The fourth-order valence-electron chi connectivity index (χ4n) is 6.25. The van der Waals surface area contributed by atoms with Crippen LogP contribution in [0.5, 0.6) is 0 Å². The molecule has 0 saturated heterocycles. The van der Waals surface area contributed by atoms with Crippen LogP contribution in [0.4, 0.5) is 17.6 Å². The first-order chi connectivity index (χ1) is 22.4. The third kappa shape index (κ3) is 3.61. The summed E-state index contributed by atoms with van der Waals surface area (Å²) in [6.07, 6.45) is 3.14. The molecular formula is C36H14F4N2S4. The minimum absolute atomic E-state index is 0.00741. The molecule has 0 N–H and O–H groups in total. The Balaban J connectivity index is 1.13. The van der Waals surface area contributed by atoms with Gasteiger partial charge in [0.15, 0.2) is 23.3 Å². The lowest BCUT2D eigenvalue weighted by atomic mass is 10.1.